The lowest BCUT2D eigenvalue weighted by molar-refractivity contribution is 0.668. The summed E-state index contributed by atoms with van der Waals surface area (Å²) in [7, 11) is 0. The second-order valence-electron chi connectivity index (χ2n) is 4.48. The van der Waals surface area contributed by atoms with Crippen molar-refractivity contribution in [1.82, 2.24) is 0 Å². The Morgan fingerprint density at radius 1 is 0.778 bits per heavy atom. The van der Waals surface area contributed by atoms with Gasteiger partial charge in [0, 0.05) is 5.41 Å². The molecule has 0 radical (unpaired) electrons. The van der Waals surface area contributed by atoms with Crippen LogP contribution in [0.15, 0.2) is 86.0 Å². The van der Waals surface area contributed by atoms with Gasteiger partial charge in [-0.1, -0.05) is 72.8 Å². The molecule has 0 aromatic heterocycles. The second-order valence-corrected chi connectivity index (χ2v) is 4.48. The van der Waals surface area contributed by atoms with Crippen molar-refractivity contribution in [1.29, 1.82) is 0 Å². The number of benzene rings is 2. The Bertz CT molecular complexity index is 500. The Hall–Kier alpha value is -2.08. The molecule has 2 aromatic rings. The predicted octanol–water partition coefficient (Wildman–Crippen LogP) is 4.54. The first-order valence-corrected chi connectivity index (χ1v) is 6.17. The van der Waals surface area contributed by atoms with Gasteiger partial charge in [-0.05, 0) is 17.5 Å². The minimum atomic E-state index is -0.192. The summed E-state index contributed by atoms with van der Waals surface area (Å²) in [5, 5.41) is 0. The fourth-order valence-corrected chi connectivity index (χ4v) is 2.25. The van der Waals surface area contributed by atoms with Crippen LogP contribution in [0.25, 0.3) is 0 Å². The molecule has 0 nitrogen and oxygen atoms in total. The van der Waals surface area contributed by atoms with Gasteiger partial charge < -0.3 is 0 Å². The van der Waals surface area contributed by atoms with E-state index in [1.54, 1.807) is 0 Å². The van der Waals surface area contributed by atoms with Gasteiger partial charge in [0.2, 0.25) is 0 Å². The quantitative estimate of drug-likeness (QED) is 0.666. The first kappa shape index (κ1) is 12.4. The van der Waals surface area contributed by atoms with Crippen LogP contribution in [0.1, 0.15) is 11.1 Å². The van der Waals surface area contributed by atoms with Crippen molar-refractivity contribution in [2.45, 2.75) is 11.8 Å². The average Bonchev–Trinajstić information content (AvgIpc) is 2.47. The van der Waals surface area contributed by atoms with Gasteiger partial charge in [0.25, 0.3) is 0 Å². The number of hydrogen-bond acceptors (Lipinski definition) is 0. The molecule has 0 aliphatic carbocycles. The molecule has 0 unspecified atom stereocenters. The van der Waals surface area contributed by atoms with Gasteiger partial charge >= 0.3 is 0 Å². The molecule has 0 saturated carbocycles. The topological polar surface area (TPSA) is 0 Å². The molecule has 0 heterocycles. The highest BCUT2D eigenvalue weighted by Gasteiger charge is 2.25. The van der Waals surface area contributed by atoms with E-state index in [9.17, 15) is 0 Å². The molecular weight excluding hydrogens is 216 g/mol. The molecule has 0 fully saturated rings. The Kier molecular flexibility index (Phi) is 3.78. The maximum atomic E-state index is 4.01. The maximum Gasteiger partial charge on any atom is 0.0347 e. The van der Waals surface area contributed by atoms with Crippen molar-refractivity contribution in [2.24, 2.45) is 0 Å². The summed E-state index contributed by atoms with van der Waals surface area (Å²) in [5.74, 6) is 0. The molecule has 0 bridgehead atoms. The van der Waals surface area contributed by atoms with Crippen LogP contribution in [0.2, 0.25) is 0 Å². The predicted molar refractivity (Wildman–Crippen MR) is 78.7 cm³/mol. The zero-order valence-electron chi connectivity index (χ0n) is 10.5. The van der Waals surface area contributed by atoms with Gasteiger partial charge in [-0.15, -0.1) is 13.2 Å². The highest BCUT2D eigenvalue weighted by molar-refractivity contribution is 5.38. The number of hydrogen-bond donors (Lipinski definition) is 0. The minimum absolute atomic E-state index is 0.192. The third-order valence-electron chi connectivity index (χ3n) is 3.38. The van der Waals surface area contributed by atoms with Gasteiger partial charge in [0.15, 0.2) is 0 Å². The summed E-state index contributed by atoms with van der Waals surface area (Å²) >= 11 is 0. The van der Waals surface area contributed by atoms with E-state index in [0.717, 1.165) is 6.42 Å². The molecule has 0 heteroatoms. The molecule has 0 aliphatic rings. The SMILES string of the molecule is C=CC(C=C)(Cc1ccccc1)c1ccccc1. The molecule has 90 valence electrons. The molecule has 2 aromatic carbocycles. The molecule has 18 heavy (non-hydrogen) atoms. The normalized spacial score (nSPS) is 10.9. The number of allylic oxidation sites excluding steroid dienone is 2. The molecule has 2 rings (SSSR count). The van der Waals surface area contributed by atoms with Gasteiger partial charge in [-0.3, -0.25) is 0 Å². The molecule has 0 aliphatic heterocycles. The molecular formula is C18H18. The molecule has 0 atom stereocenters. The van der Waals surface area contributed by atoms with Gasteiger partial charge in [-0.25, -0.2) is 0 Å². The van der Waals surface area contributed by atoms with Crippen LogP contribution in [0, 0.1) is 0 Å². The first-order chi connectivity index (χ1) is 8.80. The zero-order chi connectivity index (χ0) is 12.8. The third kappa shape index (κ3) is 2.43. The lowest BCUT2D eigenvalue weighted by Gasteiger charge is -2.27. The lowest BCUT2D eigenvalue weighted by atomic mass is 9.76. The fraction of sp³-hybridized carbons (Fsp3) is 0.111. The van der Waals surface area contributed by atoms with E-state index in [4.69, 9.17) is 0 Å². The van der Waals surface area contributed by atoms with Gasteiger partial charge in [-0.2, -0.15) is 0 Å². The average molecular weight is 234 g/mol. The smallest absolute Gasteiger partial charge is 0.0347 e. The maximum absolute atomic E-state index is 4.01. The van der Waals surface area contributed by atoms with E-state index in [0.29, 0.717) is 0 Å². The molecule has 0 amide bonds. The second kappa shape index (κ2) is 5.50. The summed E-state index contributed by atoms with van der Waals surface area (Å²) in [6.07, 6.45) is 4.87. The third-order valence-corrected chi connectivity index (χ3v) is 3.38. The van der Waals surface area contributed by atoms with Gasteiger partial charge in [0.05, 0.1) is 0 Å². The highest BCUT2D eigenvalue weighted by atomic mass is 14.3. The first-order valence-electron chi connectivity index (χ1n) is 6.17. The van der Waals surface area contributed by atoms with Crippen LogP contribution < -0.4 is 0 Å². The summed E-state index contributed by atoms with van der Waals surface area (Å²) in [5.41, 5.74) is 2.34. The summed E-state index contributed by atoms with van der Waals surface area (Å²) in [6, 6.07) is 20.9. The van der Waals surface area contributed by atoms with Crippen LogP contribution in [-0.4, -0.2) is 0 Å². The summed E-state index contributed by atoms with van der Waals surface area (Å²) < 4.78 is 0. The van der Waals surface area contributed by atoms with Crippen LogP contribution in [0.4, 0.5) is 0 Å². The summed E-state index contributed by atoms with van der Waals surface area (Å²) in [6.45, 7) is 8.01. The van der Waals surface area contributed by atoms with Crippen LogP contribution >= 0.6 is 0 Å². The van der Waals surface area contributed by atoms with Crippen molar-refractivity contribution >= 4 is 0 Å². The monoisotopic (exact) mass is 234 g/mol. The van der Waals surface area contributed by atoms with Crippen LogP contribution in [-0.2, 0) is 11.8 Å². The molecule has 0 saturated heterocycles. The Morgan fingerprint density at radius 3 is 1.78 bits per heavy atom. The molecule has 0 N–H and O–H groups in total. The van der Waals surface area contributed by atoms with Crippen LogP contribution in [0.5, 0.6) is 0 Å². The Balaban J connectivity index is 2.39. The Morgan fingerprint density at radius 2 is 1.28 bits per heavy atom. The summed E-state index contributed by atoms with van der Waals surface area (Å²) in [4.78, 5) is 0. The van der Waals surface area contributed by atoms with E-state index in [2.05, 4.69) is 61.7 Å². The van der Waals surface area contributed by atoms with E-state index < -0.39 is 0 Å². The minimum Gasteiger partial charge on any atom is -0.102 e. The molecule has 0 spiro atoms. The lowest BCUT2D eigenvalue weighted by Crippen LogP contribution is -2.23. The van der Waals surface area contributed by atoms with Gasteiger partial charge in [0.1, 0.15) is 0 Å². The zero-order valence-corrected chi connectivity index (χ0v) is 10.5. The van der Waals surface area contributed by atoms with Crippen molar-refractivity contribution in [3.63, 3.8) is 0 Å². The van der Waals surface area contributed by atoms with Crippen molar-refractivity contribution in [3.8, 4) is 0 Å². The Labute approximate surface area is 109 Å². The van der Waals surface area contributed by atoms with E-state index >= 15 is 0 Å². The van der Waals surface area contributed by atoms with Crippen molar-refractivity contribution in [2.75, 3.05) is 0 Å². The van der Waals surface area contributed by atoms with Crippen molar-refractivity contribution in [3.05, 3.63) is 97.1 Å². The standard InChI is InChI=1S/C18H18/c1-3-18(4-2,17-13-9-6-10-14-17)15-16-11-7-5-8-12-16/h3-14H,1-2,15H2. The number of rotatable bonds is 5. The van der Waals surface area contributed by atoms with Crippen molar-refractivity contribution < 1.29 is 0 Å². The van der Waals surface area contributed by atoms with E-state index in [1.807, 2.05) is 24.3 Å². The fourth-order valence-electron chi connectivity index (χ4n) is 2.25. The van der Waals surface area contributed by atoms with E-state index in [1.165, 1.54) is 11.1 Å². The highest BCUT2D eigenvalue weighted by Crippen LogP contribution is 2.30. The largest absolute Gasteiger partial charge is 0.102 e. The van der Waals surface area contributed by atoms with E-state index in [-0.39, 0.29) is 5.41 Å². The van der Waals surface area contributed by atoms with Crippen LogP contribution in [0.3, 0.4) is 0 Å².